The lowest BCUT2D eigenvalue weighted by Crippen LogP contribution is -2.11. The Balaban J connectivity index is 3.68. The summed E-state index contributed by atoms with van der Waals surface area (Å²) >= 11 is 0. The molecule has 10 heavy (non-hydrogen) atoms. The van der Waals surface area contributed by atoms with Gasteiger partial charge in [-0.25, -0.2) is 0 Å². The molecule has 0 aliphatic carbocycles. The summed E-state index contributed by atoms with van der Waals surface area (Å²) in [5.74, 6) is 0. The minimum atomic E-state index is -0.0590. The van der Waals surface area contributed by atoms with E-state index in [4.69, 9.17) is 5.11 Å². The Bertz CT molecular complexity index is 159. The highest BCUT2D eigenvalue weighted by molar-refractivity contribution is 5.16. The quantitative estimate of drug-likeness (QED) is 0.573. The van der Waals surface area contributed by atoms with Gasteiger partial charge in [0.15, 0.2) is 0 Å². The average Bonchev–Trinajstić information content (AvgIpc) is 1.88. The van der Waals surface area contributed by atoms with Crippen molar-refractivity contribution >= 4 is 0 Å². The zero-order chi connectivity index (χ0) is 7.98. The van der Waals surface area contributed by atoms with E-state index in [9.17, 15) is 0 Å². The zero-order valence-corrected chi connectivity index (χ0v) is 6.22. The van der Waals surface area contributed by atoms with Crippen LogP contribution in [0.4, 0.5) is 0 Å². The van der Waals surface area contributed by atoms with Crippen LogP contribution in [-0.4, -0.2) is 11.7 Å². The summed E-state index contributed by atoms with van der Waals surface area (Å²) in [6, 6.07) is 0. The maximum atomic E-state index is 8.52. The molecule has 0 saturated carbocycles. The van der Waals surface area contributed by atoms with E-state index in [0.717, 1.165) is 5.70 Å². The lowest BCUT2D eigenvalue weighted by Gasteiger charge is -2.04. The predicted octanol–water partition coefficient (Wildman–Crippen LogP) is 1.17. The summed E-state index contributed by atoms with van der Waals surface area (Å²) in [4.78, 5) is 0. The van der Waals surface area contributed by atoms with E-state index in [1.165, 1.54) is 0 Å². The topological polar surface area (TPSA) is 32.3 Å². The van der Waals surface area contributed by atoms with Gasteiger partial charge in [0.2, 0.25) is 0 Å². The van der Waals surface area contributed by atoms with Gasteiger partial charge < -0.3 is 10.4 Å². The predicted molar refractivity (Wildman–Crippen MR) is 43.3 cm³/mol. The van der Waals surface area contributed by atoms with Crippen molar-refractivity contribution in [2.24, 2.45) is 0 Å². The van der Waals surface area contributed by atoms with E-state index < -0.39 is 0 Å². The van der Waals surface area contributed by atoms with Crippen molar-refractivity contribution < 1.29 is 5.11 Å². The molecule has 0 bridgehead atoms. The Morgan fingerprint density at radius 3 is 2.60 bits per heavy atom. The van der Waals surface area contributed by atoms with Gasteiger partial charge in [-0.05, 0) is 13.0 Å². The fourth-order valence-corrected chi connectivity index (χ4v) is 0.509. The molecule has 0 aromatic heterocycles. The minimum absolute atomic E-state index is 0.0590. The van der Waals surface area contributed by atoms with Crippen molar-refractivity contribution in [2.45, 2.75) is 6.92 Å². The Kier molecular flexibility index (Phi) is 4.33. The van der Waals surface area contributed by atoms with Crippen LogP contribution in [0.5, 0.6) is 0 Å². The third kappa shape index (κ3) is 3.92. The molecule has 0 spiro atoms. The largest absolute Gasteiger partial charge is 0.390 e. The Morgan fingerprint density at radius 1 is 1.60 bits per heavy atom. The molecule has 0 fully saturated rings. The molecule has 0 radical (unpaired) electrons. The molecule has 0 rings (SSSR count). The van der Waals surface area contributed by atoms with Gasteiger partial charge in [0, 0.05) is 11.4 Å². The average molecular weight is 139 g/mol. The summed E-state index contributed by atoms with van der Waals surface area (Å²) in [7, 11) is 0. The van der Waals surface area contributed by atoms with E-state index in [2.05, 4.69) is 18.5 Å². The van der Waals surface area contributed by atoms with Crippen LogP contribution in [0.2, 0.25) is 0 Å². The van der Waals surface area contributed by atoms with Crippen molar-refractivity contribution in [2.75, 3.05) is 6.61 Å². The van der Waals surface area contributed by atoms with Crippen molar-refractivity contribution in [3.8, 4) is 0 Å². The number of hydrogen-bond acceptors (Lipinski definition) is 2. The first kappa shape index (κ1) is 8.98. The third-order valence-corrected chi connectivity index (χ3v) is 0.896. The normalized spacial score (nSPS) is 9.80. The number of allylic oxidation sites excluding steroid dienone is 2. The first-order valence-electron chi connectivity index (χ1n) is 3.08. The van der Waals surface area contributed by atoms with Gasteiger partial charge >= 0.3 is 0 Å². The fraction of sp³-hybridized carbons (Fsp3) is 0.250. The second-order valence-electron chi connectivity index (χ2n) is 1.91. The maximum Gasteiger partial charge on any atom is 0.0824 e. The Hall–Kier alpha value is -1.02. The fourth-order valence-electron chi connectivity index (χ4n) is 0.509. The van der Waals surface area contributed by atoms with Crippen LogP contribution in [0.3, 0.4) is 0 Å². The number of hydrogen-bond donors (Lipinski definition) is 2. The van der Waals surface area contributed by atoms with Crippen LogP contribution < -0.4 is 5.32 Å². The van der Waals surface area contributed by atoms with Crippen molar-refractivity contribution in [1.29, 1.82) is 0 Å². The molecule has 0 saturated heterocycles. The van der Waals surface area contributed by atoms with E-state index in [0.29, 0.717) is 5.70 Å². The van der Waals surface area contributed by atoms with Gasteiger partial charge in [0.25, 0.3) is 0 Å². The summed E-state index contributed by atoms with van der Waals surface area (Å²) in [6.07, 6.45) is 3.67. The SMILES string of the molecule is C=C(/C=C\C)NC(=C)CO. The van der Waals surface area contributed by atoms with Gasteiger partial charge in [-0.3, -0.25) is 0 Å². The smallest absolute Gasteiger partial charge is 0.0824 e. The van der Waals surface area contributed by atoms with Crippen LogP contribution >= 0.6 is 0 Å². The number of nitrogens with one attached hydrogen (secondary N) is 1. The summed E-state index contributed by atoms with van der Waals surface area (Å²) < 4.78 is 0. The first-order chi connectivity index (χ1) is 4.70. The molecule has 0 aromatic rings. The van der Waals surface area contributed by atoms with Gasteiger partial charge in [-0.2, -0.15) is 0 Å². The summed E-state index contributed by atoms with van der Waals surface area (Å²) in [6.45, 7) is 9.04. The second kappa shape index (κ2) is 4.82. The molecule has 2 N–H and O–H groups in total. The van der Waals surface area contributed by atoms with Crippen LogP contribution in [0.25, 0.3) is 0 Å². The first-order valence-corrected chi connectivity index (χ1v) is 3.08. The molecule has 56 valence electrons. The number of rotatable bonds is 4. The van der Waals surface area contributed by atoms with Crippen molar-refractivity contribution in [3.05, 3.63) is 36.7 Å². The van der Waals surface area contributed by atoms with E-state index in [1.807, 2.05) is 13.0 Å². The molecule has 0 unspecified atom stereocenters. The molecule has 2 nitrogen and oxygen atoms in total. The Morgan fingerprint density at radius 2 is 2.20 bits per heavy atom. The van der Waals surface area contributed by atoms with Crippen LogP contribution in [0.15, 0.2) is 36.7 Å². The van der Waals surface area contributed by atoms with Gasteiger partial charge in [-0.15, -0.1) is 0 Å². The van der Waals surface area contributed by atoms with E-state index in [-0.39, 0.29) is 6.61 Å². The van der Waals surface area contributed by atoms with E-state index in [1.54, 1.807) is 6.08 Å². The van der Waals surface area contributed by atoms with Gasteiger partial charge in [0.05, 0.1) is 6.61 Å². The highest BCUT2D eigenvalue weighted by Gasteiger charge is 1.88. The highest BCUT2D eigenvalue weighted by Crippen LogP contribution is 1.90. The minimum Gasteiger partial charge on any atom is -0.390 e. The second-order valence-corrected chi connectivity index (χ2v) is 1.91. The number of aliphatic hydroxyl groups is 1. The lowest BCUT2D eigenvalue weighted by molar-refractivity contribution is 0.325. The van der Waals surface area contributed by atoms with E-state index >= 15 is 0 Å². The summed E-state index contributed by atoms with van der Waals surface area (Å²) in [5.41, 5.74) is 1.30. The molecule has 0 aromatic carbocycles. The molecule has 0 aliphatic heterocycles. The molecular weight excluding hydrogens is 126 g/mol. The molecule has 2 heteroatoms. The molecule has 0 amide bonds. The van der Waals surface area contributed by atoms with Gasteiger partial charge in [0.1, 0.15) is 0 Å². The van der Waals surface area contributed by atoms with Crippen LogP contribution in [-0.2, 0) is 0 Å². The molecule has 0 aliphatic rings. The number of aliphatic hydroxyl groups excluding tert-OH is 1. The van der Waals surface area contributed by atoms with Crippen LogP contribution in [0, 0.1) is 0 Å². The molecule has 0 heterocycles. The van der Waals surface area contributed by atoms with Crippen molar-refractivity contribution in [3.63, 3.8) is 0 Å². The maximum absolute atomic E-state index is 8.52. The van der Waals surface area contributed by atoms with Crippen molar-refractivity contribution in [1.82, 2.24) is 5.32 Å². The highest BCUT2D eigenvalue weighted by atomic mass is 16.3. The lowest BCUT2D eigenvalue weighted by atomic mass is 10.4. The molecular formula is C8H13NO. The summed E-state index contributed by atoms with van der Waals surface area (Å²) in [5, 5.41) is 11.3. The third-order valence-electron chi connectivity index (χ3n) is 0.896. The molecule has 0 atom stereocenters. The monoisotopic (exact) mass is 139 g/mol. The van der Waals surface area contributed by atoms with Gasteiger partial charge in [-0.1, -0.05) is 19.2 Å². The zero-order valence-electron chi connectivity index (χ0n) is 6.22. The standard InChI is InChI=1S/C8H13NO/c1-4-5-7(2)9-8(3)6-10/h4-5,9-10H,2-3,6H2,1H3/b5-4-. The van der Waals surface area contributed by atoms with Crippen LogP contribution in [0.1, 0.15) is 6.92 Å². The Labute approximate surface area is 61.6 Å².